The second kappa shape index (κ2) is 5.47. The normalized spacial score (nSPS) is 10.5. The molecule has 0 aliphatic carbocycles. The van der Waals surface area contributed by atoms with Crippen molar-refractivity contribution >= 4 is 28.9 Å². The van der Waals surface area contributed by atoms with Crippen LogP contribution in [0, 0.1) is 13.8 Å². The summed E-state index contributed by atoms with van der Waals surface area (Å²) in [6.45, 7) is 4.05. The first-order valence-corrected chi connectivity index (χ1v) is 7.12. The second-order valence-electron chi connectivity index (χ2n) is 3.70. The Bertz CT molecular complexity index is 500. The van der Waals surface area contributed by atoms with Gasteiger partial charge in [-0.05, 0) is 13.8 Å². The second-order valence-corrected chi connectivity index (χ2v) is 6.12. The van der Waals surface area contributed by atoms with E-state index in [1.165, 1.54) is 16.6 Å². The molecule has 0 saturated carbocycles. The van der Waals surface area contributed by atoms with Crippen LogP contribution in [0.4, 0.5) is 0 Å². The Morgan fingerprint density at radius 2 is 2.00 bits per heavy atom. The number of nitrogens with zero attached hydrogens (tertiary/aromatic N) is 1. The van der Waals surface area contributed by atoms with E-state index in [0.717, 1.165) is 15.6 Å². The highest BCUT2D eigenvalue weighted by Gasteiger charge is 2.09. The van der Waals surface area contributed by atoms with Crippen molar-refractivity contribution in [3.8, 4) is 0 Å². The molecule has 0 aliphatic heterocycles. The number of carbonyl (C=O) groups excluding carboxylic acids is 1. The van der Waals surface area contributed by atoms with Gasteiger partial charge < -0.3 is 0 Å². The third-order valence-electron chi connectivity index (χ3n) is 2.43. The molecule has 0 bridgehead atoms. The number of carbonyl (C=O) groups is 1. The van der Waals surface area contributed by atoms with E-state index in [1.54, 1.807) is 11.3 Å². The smallest absolute Gasteiger partial charge is 0.173 e. The van der Waals surface area contributed by atoms with Crippen molar-refractivity contribution < 1.29 is 4.79 Å². The third-order valence-corrected chi connectivity index (χ3v) is 4.65. The fraction of sp³-hybridized carbons (Fsp3) is 0.231. The fourth-order valence-electron chi connectivity index (χ4n) is 1.34. The largest absolute Gasteiger partial charge is 0.293 e. The number of hydrogen-bond donors (Lipinski definition) is 0. The molecule has 0 spiro atoms. The molecule has 0 saturated heterocycles. The summed E-state index contributed by atoms with van der Waals surface area (Å²) in [4.78, 5) is 17.5. The van der Waals surface area contributed by atoms with Gasteiger partial charge in [0.15, 0.2) is 10.1 Å². The third kappa shape index (κ3) is 3.17. The minimum Gasteiger partial charge on any atom is -0.293 e. The van der Waals surface area contributed by atoms with Crippen LogP contribution < -0.4 is 0 Å². The van der Waals surface area contributed by atoms with E-state index in [1.807, 2.05) is 37.3 Å². The maximum atomic E-state index is 11.9. The van der Waals surface area contributed by atoms with E-state index >= 15 is 0 Å². The predicted molar refractivity (Wildman–Crippen MR) is 73.1 cm³/mol. The minimum absolute atomic E-state index is 0.154. The highest BCUT2D eigenvalue weighted by atomic mass is 32.2. The van der Waals surface area contributed by atoms with Crippen molar-refractivity contribution in [1.82, 2.24) is 4.98 Å². The Kier molecular flexibility index (Phi) is 3.97. The lowest BCUT2D eigenvalue weighted by Crippen LogP contribution is -2.01. The standard InChI is InChI=1S/C13H13NOS2/c1-9-10(2)17-13(14-9)16-8-12(15)11-6-4-3-5-7-11/h3-7H,8H2,1-2H3. The van der Waals surface area contributed by atoms with Gasteiger partial charge in [0, 0.05) is 10.4 Å². The Morgan fingerprint density at radius 3 is 2.59 bits per heavy atom. The van der Waals surface area contributed by atoms with Gasteiger partial charge in [-0.2, -0.15) is 0 Å². The van der Waals surface area contributed by atoms with Crippen LogP contribution >= 0.6 is 23.1 Å². The van der Waals surface area contributed by atoms with Gasteiger partial charge in [0.05, 0.1) is 11.4 Å². The average Bonchev–Trinajstić information content (AvgIpc) is 2.67. The summed E-state index contributed by atoms with van der Waals surface area (Å²) in [5, 5.41) is 0. The van der Waals surface area contributed by atoms with E-state index in [0.29, 0.717) is 5.75 Å². The van der Waals surface area contributed by atoms with Crippen molar-refractivity contribution in [1.29, 1.82) is 0 Å². The molecule has 0 aliphatic rings. The maximum absolute atomic E-state index is 11.9. The van der Waals surface area contributed by atoms with Crippen molar-refractivity contribution in [2.75, 3.05) is 5.75 Å². The van der Waals surface area contributed by atoms with Crippen molar-refractivity contribution in [2.24, 2.45) is 0 Å². The monoisotopic (exact) mass is 263 g/mol. The summed E-state index contributed by atoms with van der Waals surface area (Å²) >= 11 is 3.17. The van der Waals surface area contributed by atoms with Crippen LogP contribution in [0.15, 0.2) is 34.7 Å². The van der Waals surface area contributed by atoms with Crippen LogP contribution in [0.1, 0.15) is 20.9 Å². The van der Waals surface area contributed by atoms with Gasteiger partial charge in [0.25, 0.3) is 0 Å². The van der Waals surface area contributed by atoms with E-state index in [4.69, 9.17) is 0 Å². The molecule has 1 heterocycles. The fourth-order valence-corrected chi connectivity index (χ4v) is 3.39. The van der Waals surface area contributed by atoms with E-state index < -0.39 is 0 Å². The molecule has 0 N–H and O–H groups in total. The highest BCUT2D eigenvalue weighted by Crippen LogP contribution is 2.26. The topological polar surface area (TPSA) is 30.0 Å². The minimum atomic E-state index is 0.154. The molecule has 1 aromatic carbocycles. The average molecular weight is 263 g/mol. The number of aryl methyl sites for hydroxylation is 2. The lowest BCUT2D eigenvalue weighted by molar-refractivity contribution is 0.102. The lowest BCUT2D eigenvalue weighted by atomic mass is 10.2. The number of Topliss-reactive ketones (excluding diaryl/α,β-unsaturated/α-hetero) is 1. The summed E-state index contributed by atoms with van der Waals surface area (Å²) in [6, 6.07) is 9.38. The van der Waals surface area contributed by atoms with Crippen LogP contribution in [0.5, 0.6) is 0 Å². The van der Waals surface area contributed by atoms with Crippen LogP contribution in [-0.2, 0) is 0 Å². The molecule has 0 fully saturated rings. The van der Waals surface area contributed by atoms with Crippen LogP contribution in [0.25, 0.3) is 0 Å². The van der Waals surface area contributed by atoms with Gasteiger partial charge in [-0.1, -0.05) is 42.1 Å². The first kappa shape index (κ1) is 12.3. The molecular weight excluding hydrogens is 250 g/mol. The summed E-state index contributed by atoms with van der Waals surface area (Å²) in [6.07, 6.45) is 0. The summed E-state index contributed by atoms with van der Waals surface area (Å²) in [5.41, 5.74) is 1.83. The zero-order chi connectivity index (χ0) is 12.3. The zero-order valence-electron chi connectivity index (χ0n) is 9.77. The SMILES string of the molecule is Cc1nc(SCC(=O)c2ccccc2)sc1C. The number of aromatic nitrogens is 1. The molecule has 88 valence electrons. The molecule has 2 aromatic rings. The molecule has 0 radical (unpaired) electrons. The first-order valence-electron chi connectivity index (χ1n) is 5.32. The molecule has 0 atom stereocenters. The molecule has 0 unspecified atom stereocenters. The Morgan fingerprint density at radius 1 is 1.29 bits per heavy atom. The zero-order valence-corrected chi connectivity index (χ0v) is 11.4. The Labute approximate surface area is 109 Å². The summed E-state index contributed by atoms with van der Waals surface area (Å²) in [5.74, 6) is 0.609. The van der Waals surface area contributed by atoms with Crippen LogP contribution in [0.2, 0.25) is 0 Å². The Balaban J connectivity index is 1.97. The summed E-state index contributed by atoms with van der Waals surface area (Å²) < 4.78 is 0.976. The first-order chi connectivity index (χ1) is 8.16. The van der Waals surface area contributed by atoms with Gasteiger partial charge in [-0.15, -0.1) is 11.3 Å². The number of thioether (sulfide) groups is 1. The van der Waals surface area contributed by atoms with Crippen LogP contribution in [-0.4, -0.2) is 16.5 Å². The highest BCUT2D eigenvalue weighted by molar-refractivity contribution is 8.01. The number of rotatable bonds is 4. The molecule has 1 aromatic heterocycles. The van der Waals surface area contributed by atoms with E-state index in [2.05, 4.69) is 11.9 Å². The Hall–Kier alpha value is -1.13. The van der Waals surface area contributed by atoms with E-state index in [-0.39, 0.29) is 5.78 Å². The van der Waals surface area contributed by atoms with Gasteiger partial charge in [0.2, 0.25) is 0 Å². The molecule has 2 nitrogen and oxygen atoms in total. The maximum Gasteiger partial charge on any atom is 0.173 e. The molecular formula is C13H13NOS2. The number of ketones is 1. The molecule has 17 heavy (non-hydrogen) atoms. The number of hydrogen-bond acceptors (Lipinski definition) is 4. The lowest BCUT2D eigenvalue weighted by Gasteiger charge is -1.98. The predicted octanol–water partition coefficient (Wildman–Crippen LogP) is 3.73. The molecule has 0 amide bonds. The van der Waals surface area contributed by atoms with Gasteiger partial charge in [-0.25, -0.2) is 4.98 Å². The number of benzene rings is 1. The number of thiazole rings is 1. The molecule has 4 heteroatoms. The quantitative estimate of drug-likeness (QED) is 0.622. The van der Waals surface area contributed by atoms with Gasteiger partial charge >= 0.3 is 0 Å². The van der Waals surface area contributed by atoms with Gasteiger partial charge in [-0.3, -0.25) is 4.79 Å². The van der Waals surface area contributed by atoms with Crippen LogP contribution in [0.3, 0.4) is 0 Å². The van der Waals surface area contributed by atoms with Gasteiger partial charge in [0.1, 0.15) is 0 Å². The van der Waals surface area contributed by atoms with Crippen molar-refractivity contribution in [3.05, 3.63) is 46.5 Å². The van der Waals surface area contributed by atoms with E-state index in [9.17, 15) is 4.79 Å². The van der Waals surface area contributed by atoms with Crippen molar-refractivity contribution in [2.45, 2.75) is 18.2 Å². The van der Waals surface area contributed by atoms with Crippen molar-refractivity contribution in [3.63, 3.8) is 0 Å². The summed E-state index contributed by atoms with van der Waals surface area (Å²) in [7, 11) is 0. The molecule has 2 rings (SSSR count).